The largest absolute Gasteiger partial charge is 0.273 e. The van der Waals surface area contributed by atoms with Gasteiger partial charge in [-0.1, -0.05) is 41.5 Å². The van der Waals surface area contributed by atoms with Crippen LogP contribution in [0.2, 0.25) is 0 Å². The molecule has 0 bridgehead atoms. The number of hydrogen-bond acceptors (Lipinski definition) is 5. The van der Waals surface area contributed by atoms with E-state index in [0.717, 1.165) is 24.6 Å². The molecule has 0 aromatic heterocycles. The normalized spacial score (nSPS) is 33.2. The van der Waals surface area contributed by atoms with Crippen LogP contribution in [0.4, 0.5) is 26.3 Å². The van der Waals surface area contributed by atoms with E-state index in [9.17, 15) is 26.3 Å². The van der Waals surface area contributed by atoms with Crippen LogP contribution in [0.3, 0.4) is 0 Å². The number of rotatable bonds is 9. The molecule has 0 radical (unpaired) electrons. The summed E-state index contributed by atoms with van der Waals surface area (Å²) in [6.45, 7) is 15.9. The molecule has 276 valence electrons. The van der Waals surface area contributed by atoms with Crippen molar-refractivity contribution in [2.24, 2.45) is 5.92 Å². The van der Waals surface area contributed by atoms with Crippen LogP contribution >= 0.6 is 24.5 Å². The van der Waals surface area contributed by atoms with Crippen molar-refractivity contribution < 1.29 is 26.3 Å². The van der Waals surface area contributed by atoms with Crippen molar-refractivity contribution in [3.63, 3.8) is 0 Å². The molecule has 4 fully saturated rings. The topological polar surface area (TPSA) is 16.2 Å². The van der Waals surface area contributed by atoms with Crippen LogP contribution in [0.15, 0.2) is 54.6 Å². The molecule has 3 saturated heterocycles. The first-order valence-electron chi connectivity index (χ1n) is 18.1. The van der Waals surface area contributed by atoms with Gasteiger partial charge < -0.3 is 0 Å². The summed E-state index contributed by atoms with van der Waals surface area (Å²) in [7, 11) is -3.90. The number of likely N-dealkylation sites (N-methyl/N-ethyl adjacent to an activating group) is 5. The van der Waals surface area contributed by atoms with E-state index in [1.807, 2.05) is 0 Å². The van der Waals surface area contributed by atoms with Gasteiger partial charge in [0, 0.05) is 105 Å². The maximum Gasteiger partial charge on any atom is 0.126 e. The minimum atomic E-state index is -1.35. The second kappa shape index (κ2) is 14.9. The predicted molar refractivity (Wildman–Crippen MR) is 197 cm³/mol. The Hall–Kier alpha value is -1.67. The predicted octanol–water partition coefficient (Wildman–Crippen LogP) is 7.72. The van der Waals surface area contributed by atoms with E-state index in [1.165, 1.54) is 36.4 Å². The van der Waals surface area contributed by atoms with Crippen molar-refractivity contribution in [1.82, 2.24) is 23.4 Å². The first kappa shape index (κ1) is 37.6. The van der Waals surface area contributed by atoms with Crippen LogP contribution in [-0.2, 0) is 0 Å². The van der Waals surface area contributed by atoms with Gasteiger partial charge in [-0.2, -0.15) is 0 Å². The summed E-state index contributed by atoms with van der Waals surface area (Å²) < 4.78 is 102. The van der Waals surface area contributed by atoms with Gasteiger partial charge in [0.2, 0.25) is 0 Å². The van der Waals surface area contributed by atoms with Gasteiger partial charge in [-0.25, -0.2) is 26.3 Å². The zero-order valence-electron chi connectivity index (χ0n) is 29.8. The smallest absolute Gasteiger partial charge is 0.126 e. The van der Waals surface area contributed by atoms with Crippen molar-refractivity contribution in [3.8, 4) is 0 Å². The minimum Gasteiger partial charge on any atom is -0.273 e. The van der Waals surface area contributed by atoms with Gasteiger partial charge in [-0.3, -0.25) is 23.4 Å². The van der Waals surface area contributed by atoms with Crippen LogP contribution in [0.25, 0.3) is 0 Å². The van der Waals surface area contributed by atoms with E-state index >= 15 is 0 Å². The highest BCUT2D eigenvalue weighted by molar-refractivity contribution is 7.64. The molecule has 0 amide bonds. The minimum absolute atomic E-state index is 0.0458. The summed E-state index contributed by atoms with van der Waals surface area (Å²) >= 11 is 0. The SMILES string of the molecule is CCC1C2C(C3C(C4C2N(CC)P(c2cc(F)cc(F)c2)N4CC)N(CC)P(c2cc(F)cc(F)c2)N3CC)N(CC)P1c1cc(F)cc(F)c1. The summed E-state index contributed by atoms with van der Waals surface area (Å²) in [5.41, 5.74) is 0.0683. The second-order valence-electron chi connectivity index (χ2n) is 13.6. The van der Waals surface area contributed by atoms with Gasteiger partial charge in [-0.15, -0.1) is 0 Å². The third-order valence-corrected chi connectivity index (χ3v) is 20.0. The van der Waals surface area contributed by atoms with Gasteiger partial charge in [0.25, 0.3) is 0 Å². The third kappa shape index (κ3) is 6.11. The molecule has 3 aromatic rings. The first-order chi connectivity index (χ1) is 24.5. The zero-order chi connectivity index (χ0) is 36.5. The molecule has 51 heavy (non-hydrogen) atoms. The molecule has 10 atom stereocenters. The first-order valence-corrected chi connectivity index (χ1v) is 22.0. The summed E-state index contributed by atoms with van der Waals surface area (Å²) in [4.78, 5) is 0. The maximum absolute atomic E-state index is 15.0. The summed E-state index contributed by atoms with van der Waals surface area (Å²) in [5, 5.41) is 1.90. The summed E-state index contributed by atoms with van der Waals surface area (Å²) in [5.74, 6) is -3.61. The molecule has 10 unspecified atom stereocenters. The van der Waals surface area contributed by atoms with Crippen LogP contribution in [0.5, 0.6) is 0 Å². The van der Waals surface area contributed by atoms with E-state index in [1.54, 1.807) is 0 Å². The van der Waals surface area contributed by atoms with Crippen molar-refractivity contribution in [3.05, 3.63) is 89.5 Å². The highest BCUT2D eigenvalue weighted by Crippen LogP contribution is 2.71. The molecule has 3 aromatic carbocycles. The fourth-order valence-electron chi connectivity index (χ4n) is 9.93. The van der Waals surface area contributed by atoms with Gasteiger partial charge >= 0.3 is 0 Å². The van der Waals surface area contributed by atoms with Gasteiger partial charge in [0.1, 0.15) is 34.9 Å². The molecular weight excluding hydrogens is 721 g/mol. The molecule has 3 heterocycles. The van der Waals surface area contributed by atoms with Gasteiger partial charge in [0.05, 0.1) is 16.4 Å². The number of hydrogen-bond donors (Lipinski definition) is 0. The Balaban J connectivity index is 1.49. The van der Waals surface area contributed by atoms with E-state index in [4.69, 9.17) is 0 Å². The monoisotopic (exact) mass is 767 g/mol. The van der Waals surface area contributed by atoms with E-state index < -0.39 is 59.4 Å². The molecule has 1 saturated carbocycles. The summed E-state index contributed by atoms with van der Waals surface area (Å²) in [6.07, 6.45) is 0.784. The average molecular weight is 768 g/mol. The van der Waals surface area contributed by atoms with Gasteiger partial charge in [0.15, 0.2) is 0 Å². The molecule has 14 heteroatoms. The Morgan fingerprint density at radius 3 is 1.04 bits per heavy atom. The Labute approximate surface area is 301 Å². The fourth-order valence-corrected chi connectivity index (χ4v) is 19.3. The van der Waals surface area contributed by atoms with E-state index in [0.29, 0.717) is 48.6 Å². The molecule has 0 N–H and O–H groups in total. The van der Waals surface area contributed by atoms with Crippen LogP contribution in [-0.4, -0.2) is 91.9 Å². The second-order valence-corrected chi connectivity index (χ2v) is 20.2. The van der Waals surface area contributed by atoms with Crippen molar-refractivity contribution >= 4 is 40.4 Å². The molecule has 0 spiro atoms. The Kier molecular flexibility index (Phi) is 11.0. The number of benzene rings is 3. The number of fused-ring (bicyclic) bond motifs is 6. The van der Waals surface area contributed by atoms with Crippen LogP contribution in [0, 0.1) is 40.8 Å². The Morgan fingerprint density at radius 2 is 0.706 bits per heavy atom. The molecule has 1 aliphatic carbocycles. The van der Waals surface area contributed by atoms with E-state index in [2.05, 4.69) is 64.9 Å². The van der Waals surface area contributed by atoms with Crippen LogP contribution < -0.4 is 15.9 Å². The lowest BCUT2D eigenvalue weighted by molar-refractivity contribution is 0.0117. The third-order valence-electron chi connectivity index (χ3n) is 11.2. The number of halogens is 6. The van der Waals surface area contributed by atoms with Gasteiger partial charge in [-0.05, 0) is 54.7 Å². The molecular formula is C37H46F6N5P3. The standard InChI is InChI=1S/C37H46F6N5P3/c1-7-31-32-33(44(8-2)49(31)28-16-22(38)13-23(39)17-28)35-37(48(12-6)51(46(35)10-4)30-20-26(42)15-27(43)21-30)36-34(32)45(9-3)50(47(36)11-5)29-18-24(40)14-25(41)19-29/h13-21,31-37H,7-12H2,1-6H3. The lowest BCUT2D eigenvalue weighted by Gasteiger charge is -2.51. The zero-order valence-corrected chi connectivity index (χ0v) is 32.5. The molecule has 3 aliphatic heterocycles. The summed E-state index contributed by atoms with van der Waals surface area (Å²) in [6, 6.07) is 11.2. The highest BCUT2D eigenvalue weighted by Gasteiger charge is 2.71. The highest BCUT2D eigenvalue weighted by atomic mass is 31.1. The Bertz CT molecular complexity index is 1440. The molecule has 5 nitrogen and oxygen atoms in total. The molecule has 7 rings (SSSR count). The number of nitrogens with zero attached hydrogens (tertiary/aromatic N) is 5. The molecule has 4 aliphatic rings. The fraction of sp³-hybridized carbons (Fsp3) is 0.514. The van der Waals surface area contributed by atoms with Crippen LogP contribution in [0.1, 0.15) is 48.0 Å². The lowest BCUT2D eigenvalue weighted by Crippen LogP contribution is -2.69. The average Bonchev–Trinajstić information content (AvgIpc) is 3.71. The van der Waals surface area contributed by atoms with Crippen molar-refractivity contribution in [2.45, 2.75) is 83.8 Å². The lowest BCUT2D eigenvalue weighted by atomic mass is 9.69. The van der Waals surface area contributed by atoms with Crippen molar-refractivity contribution in [1.29, 1.82) is 0 Å². The quantitative estimate of drug-likeness (QED) is 0.163. The maximum atomic E-state index is 15.0. The van der Waals surface area contributed by atoms with E-state index in [-0.39, 0.29) is 41.8 Å². The van der Waals surface area contributed by atoms with Crippen molar-refractivity contribution in [2.75, 3.05) is 32.7 Å². The Morgan fingerprint density at radius 1 is 0.412 bits per heavy atom.